The molecule has 3 nitrogen and oxygen atoms in total. The van der Waals surface area contributed by atoms with Gasteiger partial charge in [0.05, 0.1) is 24.9 Å². The molecule has 1 heterocycles. The van der Waals surface area contributed by atoms with Gasteiger partial charge in [0, 0.05) is 12.0 Å². The Morgan fingerprint density at radius 1 is 1.35 bits per heavy atom. The van der Waals surface area contributed by atoms with Gasteiger partial charge in [0.1, 0.15) is 0 Å². The summed E-state index contributed by atoms with van der Waals surface area (Å²) in [6, 6.07) is 6.41. The van der Waals surface area contributed by atoms with E-state index in [0.717, 1.165) is 19.8 Å². The van der Waals surface area contributed by atoms with Gasteiger partial charge < -0.3 is 4.74 Å². The summed E-state index contributed by atoms with van der Waals surface area (Å²) in [6.07, 6.45) is 1.92. The first kappa shape index (κ1) is 12.1. The largest absolute Gasteiger partial charge is 0.379 e. The van der Waals surface area contributed by atoms with Crippen LogP contribution in [0, 0.1) is 12.8 Å². The molecule has 0 aliphatic rings. The monoisotopic (exact) mass is 232 g/mol. The molecule has 0 bridgehead atoms. The summed E-state index contributed by atoms with van der Waals surface area (Å²) in [4.78, 5) is 0. The van der Waals surface area contributed by atoms with Crippen LogP contribution in [0.3, 0.4) is 0 Å². The van der Waals surface area contributed by atoms with Crippen molar-refractivity contribution in [2.45, 2.75) is 27.3 Å². The van der Waals surface area contributed by atoms with Crippen molar-refractivity contribution in [2.75, 3.05) is 13.2 Å². The number of aromatic nitrogens is 2. The van der Waals surface area contributed by atoms with E-state index < -0.39 is 0 Å². The van der Waals surface area contributed by atoms with E-state index >= 15 is 0 Å². The van der Waals surface area contributed by atoms with Crippen molar-refractivity contribution in [1.29, 1.82) is 0 Å². The number of fused-ring (bicyclic) bond motifs is 1. The average molecular weight is 232 g/mol. The lowest BCUT2D eigenvalue weighted by molar-refractivity contribution is 0.102. The van der Waals surface area contributed by atoms with Gasteiger partial charge in [-0.2, -0.15) is 5.10 Å². The fourth-order valence-electron chi connectivity index (χ4n) is 1.85. The highest BCUT2D eigenvalue weighted by molar-refractivity contribution is 5.79. The third-order valence-corrected chi connectivity index (χ3v) is 2.70. The zero-order chi connectivity index (χ0) is 12.3. The SMILES string of the molecule is Cc1ccc2c(cnn2CCOCC(C)C)c1. The van der Waals surface area contributed by atoms with E-state index in [-0.39, 0.29) is 0 Å². The van der Waals surface area contributed by atoms with Gasteiger partial charge in [0.25, 0.3) is 0 Å². The maximum atomic E-state index is 5.58. The van der Waals surface area contributed by atoms with E-state index in [1.165, 1.54) is 16.5 Å². The molecule has 0 saturated heterocycles. The minimum Gasteiger partial charge on any atom is -0.379 e. The standard InChI is InChI=1S/C14H20N2O/c1-11(2)10-17-7-6-16-14-5-4-12(3)8-13(14)9-15-16/h4-5,8-9,11H,6-7,10H2,1-3H3. The molecule has 3 heteroatoms. The Hall–Kier alpha value is -1.35. The van der Waals surface area contributed by atoms with Crippen LogP contribution in [0.25, 0.3) is 10.9 Å². The summed E-state index contributed by atoms with van der Waals surface area (Å²) in [5.41, 5.74) is 2.46. The van der Waals surface area contributed by atoms with Gasteiger partial charge in [-0.1, -0.05) is 25.5 Å². The Morgan fingerprint density at radius 3 is 2.94 bits per heavy atom. The molecule has 17 heavy (non-hydrogen) atoms. The highest BCUT2D eigenvalue weighted by Crippen LogP contribution is 2.15. The van der Waals surface area contributed by atoms with Crippen molar-refractivity contribution in [3.63, 3.8) is 0 Å². The molecule has 0 aliphatic carbocycles. The maximum absolute atomic E-state index is 5.58. The molecule has 2 rings (SSSR count). The second kappa shape index (κ2) is 5.32. The van der Waals surface area contributed by atoms with Crippen LogP contribution >= 0.6 is 0 Å². The first-order valence-electron chi connectivity index (χ1n) is 6.17. The molecule has 1 aromatic heterocycles. The Labute approximate surface area is 102 Å². The zero-order valence-corrected chi connectivity index (χ0v) is 10.8. The zero-order valence-electron chi connectivity index (χ0n) is 10.8. The van der Waals surface area contributed by atoms with Crippen molar-refractivity contribution < 1.29 is 4.74 Å². The van der Waals surface area contributed by atoms with E-state index in [9.17, 15) is 0 Å². The first-order valence-corrected chi connectivity index (χ1v) is 6.17. The second-order valence-electron chi connectivity index (χ2n) is 4.90. The number of aryl methyl sites for hydroxylation is 1. The Bertz CT molecular complexity index is 488. The number of nitrogens with zero attached hydrogens (tertiary/aromatic N) is 2. The van der Waals surface area contributed by atoms with Crippen molar-refractivity contribution in [1.82, 2.24) is 9.78 Å². The molecule has 2 aromatic rings. The van der Waals surface area contributed by atoms with Crippen LogP contribution in [0.2, 0.25) is 0 Å². The van der Waals surface area contributed by atoms with Gasteiger partial charge in [-0.3, -0.25) is 4.68 Å². The molecule has 0 spiro atoms. The van der Waals surface area contributed by atoms with Crippen molar-refractivity contribution in [2.24, 2.45) is 5.92 Å². The van der Waals surface area contributed by atoms with Crippen LogP contribution in [0.1, 0.15) is 19.4 Å². The lowest BCUT2D eigenvalue weighted by Gasteiger charge is -2.07. The first-order chi connectivity index (χ1) is 8.16. The normalized spacial score (nSPS) is 11.5. The van der Waals surface area contributed by atoms with Crippen LogP contribution in [-0.4, -0.2) is 23.0 Å². The van der Waals surface area contributed by atoms with Gasteiger partial charge in [0.2, 0.25) is 0 Å². The number of rotatable bonds is 5. The van der Waals surface area contributed by atoms with Crippen LogP contribution in [-0.2, 0) is 11.3 Å². The quantitative estimate of drug-likeness (QED) is 0.741. The van der Waals surface area contributed by atoms with E-state index in [1.807, 2.05) is 10.9 Å². The van der Waals surface area contributed by atoms with Gasteiger partial charge in [-0.05, 0) is 25.0 Å². The van der Waals surface area contributed by atoms with Crippen LogP contribution in [0.15, 0.2) is 24.4 Å². The third kappa shape index (κ3) is 3.07. The summed E-state index contributed by atoms with van der Waals surface area (Å²) in [7, 11) is 0. The molecular formula is C14H20N2O. The molecule has 0 N–H and O–H groups in total. The van der Waals surface area contributed by atoms with Crippen LogP contribution in [0.4, 0.5) is 0 Å². The Kier molecular flexibility index (Phi) is 3.79. The minimum absolute atomic E-state index is 0.590. The summed E-state index contributed by atoms with van der Waals surface area (Å²) in [5.74, 6) is 0.590. The molecule has 0 saturated carbocycles. The molecule has 1 aromatic carbocycles. The molecule has 0 radical (unpaired) electrons. The van der Waals surface area contributed by atoms with E-state index in [1.54, 1.807) is 0 Å². The molecule has 0 fully saturated rings. The molecule has 92 valence electrons. The van der Waals surface area contributed by atoms with Crippen LogP contribution in [0.5, 0.6) is 0 Å². The summed E-state index contributed by atoms with van der Waals surface area (Å²) in [6.45, 7) is 8.78. The predicted octanol–water partition coefficient (Wildman–Crippen LogP) is 3.02. The lowest BCUT2D eigenvalue weighted by atomic mass is 10.2. The maximum Gasteiger partial charge on any atom is 0.0683 e. The summed E-state index contributed by atoms with van der Waals surface area (Å²) < 4.78 is 7.59. The second-order valence-corrected chi connectivity index (χ2v) is 4.90. The van der Waals surface area contributed by atoms with E-state index in [4.69, 9.17) is 4.74 Å². The smallest absolute Gasteiger partial charge is 0.0683 e. The number of ether oxygens (including phenoxy) is 1. The molecule has 0 unspecified atom stereocenters. The summed E-state index contributed by atoms with van der Waals surface area (Å²) >= 11 is 0. The Balaban J connectivity index is 1.99. The van der Waals surface area contributed by atoms with Gasteiger partial charge in [-0.15, -0.1) is 0 Å². The number of hydrogen-bond donors (Lipinski definition) is 0. The number of benzene rings is 1. The summed E-state index contributed by atoms with van der Waals surface area (Å²) in [5, 5.41) is 5.59. The Morgan fingerprint density at radius 2 is 2.18 bits per heavy atom. The average Bonchev–Trinajstić information content (AvgIpc) is 2.66. The fourth-order valence-corrected chi connectivity index (χ4v) is 1.85. The molecular weight excluding hydrogens is 212 g/mol. The third-order valence-electron chi connectivity index (χ3n) is 2.70. The molecule has 0 amide bonds. The molecule has 0 atom stereocenters. The van der Waals surface area contributed by atoms with Gasteiger partial charge in [0.15, 0.2) is 0 Å². The lowest BCUT2D eigenvalue weighted by Crippen LogP contribution is -2.10. The van der Waals surface area contributed by atoms with E-state index in [0.29, 0.717) is 5.92 Å². The van der Waals surface area contributed by atoms with Gasteiger partial charge >= 0.3 is 0 Å². The van der Waals surface area contributed by atoms with Gasteiger partial charge in [-0.25, -0.2) is 0 Å². The van der Waals surface area contributed by atoms with E-state index in [2.05, 4.69) is 44.1 Å². The molecule has 0 aliphatic heterocycles. The highest BCUT2D eigenvalue weighted by atomic mass is 16.5. The minimum atomic E-state index is 0.590. The van der Waals surface area contributed by atoms with Crippen molar-refractivity contribution in [3.8, 4) is 0 Å². The van der Waals surface area contributed by atoms with Crippen molar-refractivity contribution >= 4 is 10.9 Å². The topological polar surface area (TPSA) is 27.1 Å². The fraction of sp³-hybridized carbons (Fsp3) is 0.500. The highest BCUT2D eigenvalue weighted by Gasteiger charge is 2.02. The number of hydrogen-bond acceptors (Lipinski definition) is 2. The van der Waals surface area contributed by atoms with Crippen LogP contribution < -0.4 is 0 Å². The predicted molar refractivity (Wildman–Crippen MR) is 70.1 cm³/mol. The van der Waals surface area contributed by atoms with Crippen molar-refractivity contribution in [3.05, 3.63) is 30.0 Å².